The smallest absolute Gasteiger partial charge is 0.164 e. The zero-order valence-electron chi connectivity index (χ0n) is 24.4. The van der Waals surface area contributed by atoms with Crippen LogP contribution < -0.4 is 0 Å². The molecule has 0 bridgehead atoms. The molecule has 1 unspecified atom stereocenters. The highest BCUT2D eigenvalue weighted by Gasteiger charge is 2.31. The summed E-state index contributed by atoms with van der Waals surface area (Å²) in [6, 6.07) is 48.4. The fraction of sp³-hybridized carbons (Fsp3) is 0.0488. The summed E-state index contributed by atoms with van der Waals surface area (Å²) in [4.78, 5) is 15.3. The zero-order valence-corrected chi connectivity index (χ0v) is 24.4. The number of rotatable bonds is 4. The molecule has 9 rings (SSSR count). The Balaban J connectivity index is 1.25. The first-order chi connectivity index (χ1) is 22.3. The van der Waals surface area contributed by atoms with E-state index in [1.807, 2.05) is 30.3 Å². The number of benzene rings is 6. The lowest BCUT2D eigenvalue weighted by Crippen LogP contribution is -2.10. The number of hydrogen-bond donors (Lipinski definition) is 0. The van der Waals surface area contributed by atoms with Gasteiger partial charge in [0.15, 0.2) is 17.5 Å². The molecule has 0 aliphatic heterocycles. The lowest BCUT2D eigenvalue weighted by molar-refractivity contribution is 0.515. The van der Waals surface area contributed by atoms with Gasteiger partial charge in [-0.2, -0.15) is 0 Å². The minimum atomic E-state index is 0.113. The van der Waals surface area contributed by atoms with Crippen LogP contribution in [0, 0.1) is 0 Å². The van der Waals surface area contributed by atoms with Crippen LogP contribution in [0.2, 0.25) is 0 Å². The van der Waals surface area contributed by atoms with Gasteiger partial charge in [0.2, 0.25) is 0 Å². The summed E-state index contributed by atoms with van der Waals surface area (Å²) in [5.74, 6) is 3.02. The van der Waals surface area contributed by atoms with E-state index in [-0.39, 0.29) is 5.92 Å². The lowest BCUT2D eigenvalue weighted by Gasteiger charge is -2.22. The predicted octanol–water partition coefficient (Wildman–Crippen LogP) is 10.2. The van der Waals surface area contributed by atoms with Gasteiger partial charge in [0, 0.05) is 33.6 Å². The van der Waals surface area contributed by atoms with Crippen LogP contribution in [0.25, 0.3) is 60.9 Å². The number of allylic oxidation sites excluding steroid dienone is 1. The molecule has 212 valence electrons. The Morgan fingerprint density at radius 3 is 2.00 bits per heavy atom. The van der Waals surface area contributed by atoms with Crippen LogP contribution in [0.4, 0.5) is 0 Å². The Morgan fingerprint density at radius 2 is 1.16 bits per heavy atom. The van der Waals surface area contributed by atoms with Crippen molar-refractivity contribution in [2.75, 3.05) is 0 Å². The van der Waals surface area contributed by atoms with Crippen molar-refractivity contribution in [2.24, 2.45) is 0 Å². The van der Waals surface area contributed by atoms with Crippen LogP contribution in [-0.4, -0.2) is 15.0 Å². The van der Waals surface area contributed by atoms with E-state index >= 15 is 0 Å². The summed E-state index contributed by atoms with van der Waals surface area (Å²) in [5, 5.41) is 5.90. The van der Waals surface area contributed by atoms with E-state index in [0.29, 0.717) is 17.5 Å². The Bertz CT molecular complexity index is 2410. The van der Waals surface area contributed by atoms with Crippen LogP contribution in [-0.2, 0) is 0 Å². The number of aromatic nitrogens is 3. The Labute approximate surface area is 260 Å². The van der Waals surface area contributed by atoms with Crippen molar-refractivity contribution in [3.05, 3.63) is 168 Å². The van der Waals surface area contributed by atoms with E-state index in [2.05, 4.69) is 115 Å². The third-order valence-electron chi connectivity index (χ3n) is 8.88. The molecule has 0 saturated carbocycles. The second-order valence-electron chi connectivity index (χ2n) is 11.5. The molecule has 0 amide bonds. The van der Waals surface area contributed by atoms with Crippen molar-refractivity contribution in [1.82, 2.24) is 15.0 Å². The first-order valence-corrected chi connectivity index (χ1v) is 15.3. The summed E-state index contributed by atoms with van der Waals surface area (Å²) >= 11 is 0. The second-order valence-corrected chi connectivity index (χ2v) is 11.5. The quantitative estimate of drug-likeness (QED) is 0.195. The highest BCUT2D eigenvalue weighted by atomic mass is 16.3. The summed E-state index contributed by atoms with van der Waals surface area (Å²) in [5.41, 5.74) is 6.05. The maximum atomic E-state index is 6.61. The van der Waals surface area contributed by atoms with Crippen LogP contribution in [0.3, 0.4) is 0 Å². The third kappa shape index (κ3) is 4.34. The van der Waals surface area contributed by atoms with E-state index in [0.717, 1.165) is 50.8 Å². The van der Waals surface area contributed by atoms with Crippen molar-refractivity contribution in [1.29, 1.82) is 0 Å². The molecule has 2 heterocycles. The third-order valence-corrected chi connectivity index (χ3v) is 8.88. The Kier molecular flexibility index (Phi) is 5.91. The van der Waals surface area contributed by atoms with Gasteiger partial charge < -0.3 is 4.42 Å². The Morgan fingerprint density at radius 1 is 0.511 bits per heavy atom. The molecule has 1 aliphatic rings. The fourth-order valence-electron chi connectivity index (χ4n) is 6.70. The normalized spacial score (nSPS) is 14.5. The van der Waals surface area contributed by atoms with E-state index in [4.69, 9.17) is 19.4 Å². The van der Waals surface area contributed by atoms with Gasteiger partial charge in [-0.05, 0) is 45.7 Å². The molecular formula is C41H27N3O. The van der Waals surface area contributed by atoms with Crippen LogP contribution >= 0.6 is 0 Å². The molecule has 0 saturated heterocycles. The highest BCUT2D eigenvalue weighted by molar-refractivity contribution is 6.08. The summed E-state index contributed by atoms with van der Waals surface area (Å²) in [6.45, 7) is 0. The monoisotopic (exact) mass is 577 g/mol. The number of para-hydroxylation sites is 1. The molecular weight excluding hydrogens is 550 g/mol. The summed E-state index contributed by atoms with van der Waals surface area (Å²) in [6.07, 6.45) is 3.07. The maximum Gasteiger partial charge on any atom is 0.164 e. The molecule has 45 heavy (non-hydrogen) atoms. The van der Waals surface area contributed by atoms with Gasteiger partial charge in [-0.1, -0.05) is 133 Å². The van der Waals surface area contributed by atoms with Gasteiger partial charge in [-0.3, -0.25) is 0 Å². The lowest BCUT2D eigenvalue weighted by atomic mass is 9.83. The van der Waals surface area contributed by atoms with Crippen molar-refractivity contribution < 1.29 is 4.42 Å². The molecule has 0 spiro atoms. The van der Waals surface area contributed by atoms with Gasteiger partial charge in [-0.15, -0.1) is 0 Å². The van der Waals surface area contributed by atoms with Crippen molar-refractivity contribution >= 4 is 38.1 Å². The minimum Gasteiger partial charge on any atom is -0.460 e. The summed E-state index contributed by atoms with van der Waals surface area (Å²) in [7, 11) is 0. The van der Waals surface area contributed by atoms with Gasteiger partial charge in [0.25, 0.3) is 0 Å². The molecule has 1 atom stereocenters. The number of fused-ring (bicyclic) bond motifs is 6. The fourth-order valence-corrected chi connectivity index (χ4v) is 6.70. The van der Waals surface area contributed by atoms with Crippen LogP contribution in [0.1, 0.15) is 35.1 Å². The van der Waals surface area contributed by atoms with Crippen LogP contribution in [0.5, 0.6) is 0 Å². The average Bonchev–Trinajstić information content (AvgIpc) is 3.51. The molecule has 1 aliphatic carbocycles. The van der Waals surface area contributed by atoms with E-state index in [1.165, 1.54) is 21.7 Å². The van der Waals surface area contributed by atoms with Crippen molar-refractivity contribution in [3.63, 3.8) is 0 Å². The maximum absolute atomic E-state index is 6.61. The number of nitrogens with zero attached hydrogens (tertiary/aromatic N) is 3. The highest BCUT2D eigenvalue weighted by Crippen LogP contribution is 2.45. The molecule has 0 fully saturated rings. The zero-order chi connectivity index (χ0) is 29.7. The van der Waals surface area contributed by atoms with E-state index < -0.39 is 0 Å². The topological polar surface area (TPSA) is 51.8 Å². The van der Waals surface area contributed by atoms with Gasteiger partial charge >= 0.3 is 0 Å². The molecule has 4 heteroatoms. The standard InChI is InChI=1S/C41H27N3O/c1-3-11-26(12-4-1)33-23-24-35(37-34-17-9-10-18-36(34)45-38(33)37)41-43-39(28-14-5-2-6-15-28)42-40(44-41)30-21-22-32-29(25-30)20-19-27-13-7-8-16-31(27)32/h1-22,24-25,33H,23H2. The minimum absolute atomic E-state index is 0.113. The first-order valence-electron chi connectivity index (χ1n) is 15.3. The predicted molar refractivity (Wildman–Crippen MR) is 182 cm³/mol. The van der Waals surface area contributed by atoms with Gasteiger partial charge in [0.05, 0.1) is 0 Å². The van der Waals surface area contributed by atoms with Crippen LogP contribution in [0.15, 0.2) is 150 Å². The second kappa shape index (κ2) is 10.4. The molecule has 8 aromatic rings. The molecule has 0 radical (unpaired) electrons. The van der Waals surface area contributed by atoms with Crippen molar-refractivity contribution in [3.8, 4) is 22.8 Å². The number of furan rings is 1. The van der Waals surface area contributed by atoms with E-state index in [9.17, 15) is 0 Å². The molecule has 2 aromatic heterocycles. The number of hydrogen-bond acceptors (Lipinski definition) is 4. The first kappa shape index (κ1) is 25.6. The van der Waals surface area contributed by atoms with Crippen molar-refractivity contribution in [2.45, 2.75) is 12.3 Å². The molecule has 6 aromatic carbocycles. The molecule has 4 nitrogen and oxygen atoms in total. The molecule has 0 N–H and O–H groups in total. The largest absolute Gasteiger partial charge is 0.460 e. The SMILES string of the molecule is C1=C(c2nc(-c3ccccc3)nc(-c3ccc4c(ccc5ccccc54)c3)n2)c2c(oc3ccccc23)C(c2ccccc2)C1. The van der Waals surface area contributed by atoms with E-state index in [1.54, 1.807) is 0 Å². The average molecular weight is 578 g/mol. The van der Waals surface area contributed by atoms with Gasteiger partial charge in [-0.25, -0.2) is 15.0 Å². The van der Waals surface area contributed by atoms with Gasteiger partial charge in [0.1, 0.15) is 11.3 Å². The Hall–Kier alpha value is -5.87. The summed E-state index contributed by atoms with van der Waals surface area (Å²) < 4.78 is 6.61.